The van der Waals surface area contributed by atoms with E-state index in [1.54, 1.807) is 12.3 Å². The number of rotatable bonds is 20. The van der Waals surface area contributed by atoms with Gasteiger partial charge in [-0.2, -0.15) is 0 Å². The van der Waals surface area contributed by atoms with Crippen molar-refractivity contribution in [2.24, 2.45) is 0 Å². The van der Waals surface area contributed by atoms with E-state index in [4.69, 9.17) is 0 Å². The molecule has 24 heavy (non-hydrogen) atoms. The Balaban J connectivity index is 0. The van der Waals surface area contributed by atoms with Gasteiger partial charge < -0.3 is 17.0 Å². The molecule has 0 radical (unpaired) electrons. The van der Waals surface area contributed by atoms with E-state index in [9.17, 15) is 0 Å². The lowest BCUT2D eigenvalue weighted by molar-refractivity contribution is -0.00000513. The lowest BCUT2D eigenvalue weighted by atomic mass is 10.0. The molecule has 1 unspecified atom stereocenters. The molecule has 0 aromatic rings. The van der Waals surface area contributed by atoms with Crippen LogP contribution in [-0.4, -0.2) is 12.3 Å². The highest BCUT2D eigenvalue weighted by molar-refractivity contribution is 7.37. The molecule has 148 valence electrons. The molecule has 0 rings (SSSR count). The zero-order valence-corrected chi connectivity index (χ0v) is 19.8. The molecular weight excluding hydrogens is 375 g/mol. The van der Waals surface area contributed by atoms with Gasteiger partial charge in [0.05, 0.1) is 12.3 Å². The van der Waals surface area contributed by atoms with Crippen LogP contribution in [-0.2, 0) is 0 Å². The zero-order chi connectivity index (χ0) is 16.8. The number of unbranched alkanes of at least 4 members (excludes halogenated alkanes) is 16. The van der Waals surface area contributed by atoms with Crippen LogP contribution in [0.5, 0.6) is 0 Å². The standard InChI is InChI=1S/C22H47P.BrH/c1-3-5-7-8-9-10-11-12-13-14-15-16-17-18-19-20-22-23-21-6-4-2;/h23H,3-22H2,1-2H3;1H. The lowest BCUT2D eigenvalue weighted by Crippen LogP contribution is -3.00. The molecule has 0 saturated carbocycles. The van der Waals surface area contributed by atoms with Crippen LogP contribution in [0, 0.1) is 0 Å². The second-order valence-electron chi connectivity index (χ2n) is 7.52. The Kier molecular flexibility index (Phi) is 29.6. The highest BCUT2D eigenvalue weighted by Gasteiger charge is 1.96. The Morgan fingerprint density at radius 2 is 0.667 bits per heavy atom. The maximum atomic E-state index is 2.31. The third-order valence-electron chi connectivity index (χ3n) is 5.02. The van der Waals surface area contributed by atoms with Gasteiger partial charge in [-0.15, -0.1) is 0 Å². The van der Waals surface area contributed by atoms with Crippen LogP contribution in [0.1, 0.15) is 129 Å². The summed E-state index contributed by atoms with van der Waals surface area (Å²) >= 11 is 0. The SMILES string of the molecule is CCCCCCCCCCCCCCCCCC[PH2+]CCCC.[Br-]. The van der Waals surface area contributed by atoms with Gasteiger partial charge in [-0.1, -0.05) is 110 Å². The summed E-state index contributed by atoms with van der Waals surface area (Å²) in [6.45, 7) is 4.61. The topological polar surface area (TPSA) is 0 Å². The third kappa shape index (κ3) is 25.2. The highest BCUT2D eigenvalue weighted by Crippen LogP contribution is 2.17. The Labute approximate surface area is 167 Å². The van der Waals surface area contributed by atoms with Crippen LogP contribution in [0.3, 0.4) is 0 Å². The molecule has 0 bridgehead atoms. The molecule has 0 aromatic carbocycles. The monoisotopic (exact) mass is 422 g/mol. The minimum atomic E-state index is 0. The van der Waals surface area contributed by atoms with Crippen molar-refractivity contribution < 1.29 is 17.0 Å². The average molecular weight is 424 g/mol. The second kappa shape index (κ2) is 26.1. The second-order valence-corrected chi connectivity index (χ2v) is 9.25. The van der Waals surface area contributed by atoms with Crippen molar-refractivity contribution in [1.29, 1.82) is 0 Å². The van der Waals surface area contributed by atoms with Crippen LogP contribution in [0.2, 0.25) is 0 Å². The average Bonchev–Trinajstić information content (AvgIpc) is 2.57. The molecule has 1 atom stereocenters. The van der Waals surface area contributed by atoms with Gasteiger partial charge >= 0.3 is 0 Å². The zero-order valence-electron chi connectivity index (χ0n) is 17.1. The molecule has 0 amide bonds. The van der Waals surface area contributed by atoms with E-state index in [0.29, 0.717) is 0 Å². The molecule has 0 heterocycles. The summed E-state index contributed by atoms with van der Waals surface area (Å²) in [4.78, 5) is 0. The van der Waals surface area contributed by atoms with Gasteiger partial charge in [0.25, 0.3) is 0 Å². The third-order valence-corrected chi connectivity index (χ3v) is 6.66. The van der Waals surface area contributed by atoms with E-state index in [1.807, 2.05) is 0 Å². The lowest BCUT2D eigenvalue weighted by Gasteiger charge is -2.03. The number of halogens is 1. The maximum absolute atomic E-state index is 2.31. The normalized spacial score (nSPS) is 11.2. The highest BCUT2D eigenvalue weighted by atomic mass is 79.9. The Morgan fingerprint density at radius 3 is 1.04 bits per heavy atom. The Hall–Kier alpha value is 0.910. The fraction of sp³-hybridized carbons (Fsp3) is 1.00. The molecule has 2 heteroatoms. The molecule has 0 saturated heterocycles. The molecular formula is C22H48BrP. The van der Waals surface area contributed by atoms with Crippen molar-refractivity contribution in [2.45, 2.75) is 129 Å². The van der Waals surface area contributed by atoms with E-state index in [-0.39, 0.29) is 17.0 Å². The Bertz CT molecular complexity index is 176. The predicted molar refractivity (Wildman–Crippen MR) is 114 cm³/mol. The van der Waals surface area contributed by atoms with E-state index >= 15 is 0 Å². The summed E-state index contributed by atoms with van der Waals surface area (Å²) in [6.07, 6.45) is 29.8. The summed E-state index contributed by atoms with van der Waals surface area (Å²) in [5.41, 5.74) is 0. The fourth-order valence-corrected chi connectivity index (χ4v) is 4.89. The quantitative estimate of drug-likeness (QED) is 0.180. The number of hydrogen-bond donors (Lipinski definition) is 0. The van der Waals surface area contributed by atoms with Crippen molar-refractivity contribution in [3.8, 4) is 0 Å². The summed E-state index contributed by atoms with van der Waals surface area (Å²) in [5, 5.41) is 0. The van der Waals surface area contributed by atoms with E-state index < -0.39 is 0 Å². The first kappa shape index (κ1) is 27.1. The van der Waals surface area contributed by atoms with Crippen LogP contribution < -0.4 is 17.0 Å². The van der Waals surface area contributed by atoms with E-state index in [0.717, 1.165) is 8.58 Å². The molecule has 0 aliphatic carbocycles. The predicted octanol–water partition coefficient (Wildman–Crippen LogP) is 5.46. The number of hydrogen-bond acceptors (Lipinski definition) is 0. The van der Waals surface area contributed by atoms with Gasteiger partial charge in [0.2, 0.25) is 0 Å². The fourth-order valence-electron chi connectivity index (χ4n) is 3.33. The van der Waals surface area contributed by atoms with Gasteiger partial charge in [0, 0.05) is 0 Å². The molecule has 0 spiro atoms. The summed E-state index contributed by atoms with van der Waals surface area (Å²) in [6, 6.07) is 0. The van der Waals surface area contributed by atoms with Crippen molar-refractivity contribution in [2.75, 3.05) is 12.3 Å². The molecule has 0 N–H and O–H groups in total. The van der Waals surface area contributed by atoms with Crippen LogP contribution in [0.15, 0.2) is 0 Å². The van der Waals surface area contributed by atoms with E-state index in [1.165, 1.54) is 116 Å². The minimum absolute atomic E-state index is 0. The van der Waals surface area contributed by atoms with Crippen LogP contribution in [0.25, 0.3) is 0 Å². The largest absolute Gasteiger partial charge is 1.00 e. The van der Waals surface area contributed by atoms with Gasteiger partial charge in [0.1, 0.15) is 0 Å². The first-order valence-electron chi connectivity index (χ1n) is 11.2. The summed E-state index contributed by atoms with van der Waals surface area (Å²) in [7, 11) is 0.793. The van der Waals surface area contributed by atoms with Crippen molar-refractivity contribution >= 4 is 8.58 Å². The van der Waals surface area contributed by atoms with Crippen LogP contribution in [0.4, 0.5) is 0 Å². The first-order valence-corrected chi connectivity index (χ1v) is 12.9. The summed E-state index contributed by atoms with van der Waals surface area (Å²) < 4.78 is 0. The van der Waals surface area contributed by atoms with Crippen molar-refractivity contribution in [3.05, 3.63) is 0 Å². The van der Waals surface area contributed by atoms with Gasteiger partial charge in [-0.25, -0.2) is 0 Å². The molecule has 0 nitrogen and oxygen atoms in total. The van der Waals surface area contributed by atoms with E-state index in [2.05, 4.69) is 13.8 Å². The molecule has 0 fully saturated rings. The molecule has 0 aromatic heterocycles. The minimum Gasteiger partial charge on any atom is -1.00 e. The Morgan fingerprint density at radius 1 is 0.375 bits per heavy atom. The van der Waals surface area contributed by atoms with Crippen molar-refractivity contribution in [1.82, 2.24) is 0 Å². The summed E-state index contributed by atoms with van der Waals surface area (Å²) in [5.74, 6) is 0. The molecule has 0 aliphatic heterocycles. The van der Waals surface area contributed by atoms with Gasteiger partial charge in [-0.05, 0) is 27.8 Å². The van der Waals surface area contributed by atoms with Crippen LogP contribution >= 0.6 is 8.58 Å². The van der Waals surface area contributed by atoms with Gasteiger partial charge in [0.15, 0.2) is 0 Å². The van der Waals surface area contributed by atoms with Gasteiger partial charge in [-0.3, -0.25) is 0 Å². The smallest absolute Gasteiger partial charge is 0.0549 e. The molecule has 0 aliphatic rings. The first-order chi connectivity index (χ1) is 11.4. The maximum Gasteiger partial charge on any atom is 0.0549 e. The van der Waals surface area contributed by atoms with Crippen molar-refractivity contribution in [3.63, 3.8) is 0 Å².